The molecule has 0 bridgehead atoms. The van der Waals surface area contributed by atoms with Crippen molar-refractivity contribution in [1.82, 2.24) is 9.19 Å². The van der Waals surface area contributed by atoms with E-state index in [-0.39, 0.29) is 5.75 Å². The maximum Gasteiger partial charge on any atom is 0.265 e. The lowest BCUT2D eigenvalue weighted by Crippen LogP contribution is -2.20. The first-order chi connectivity index (χ1) is 7.97. The number of H-pyrrole nitrogens is 1. The molecule has 0 aliphatic carbocycles. The molecule has 0 amide bonds. The van der Waals surface area contributed by atoms with Gasteiger partial charge in [-0.05, 0) is 13.3 Å². The van der Waals surface area contributed by atoms with Crippen molar-refractivity contribution >= 4 is 20.1 Å². The monoisotopic (exact) mass is 300 g/mol. The second-order valence-electron chi connectivity index (χ2n) is 3.58. The van der Waals surface area contributed by atoms with Crippen LogP contribution in [0.4, 0.5) is 0 Å². The molecule has 0 fully saturated rings. The number of nitrogens with zero attached hydrogens (tertiary/aromatic N) is 1. The van der Waals surface area contributed by atoms with E-state index >= 15 is 0 Å². The number of nitrogens with one attached hydrogen (secondary N) is 1. The van der Waals surface area contributed by atoms with Gasteiger partial charge in [-0.25, -0.2) is 13.5 Å². The lowest BCUT2D eigenvalue weighted by molar-refractivity contribution is 0.490. The van der Waals surface area contributed by atoms with E-state index in [2.05, 4.69) is 5.10 Å². The summed E-state index contributed by atoms with van der Waals surface area (Å²) in [7, 11) is -7.03. The Morgan fingerprint density at radius 3 is 2.06 bits per heavy atom. The SMILES string of the molecule is CCCS(=O)(=O)n1[nH]c(=O)cc1C.CS(=O)(=O)O. The molecule has 0 radical (unpaired) electrons. The second kappa shape index (κ2) is 6.16. The highest BCUT2D eigenvalue weighted by molar-refractivity contribution is 7.89. The summed E-state index contributed by atoms with van der Waals surface area (Å²) in [5.74, 6) is 0.0401. The van der Waals surface area contributed by atoms with E-state index in [9.17, 15) is 21.6 Å². The fourth-order valence-electron chi connectivity index (χ4n) is 1.11. The van der Waals surface area contributed by atoms with Crippen LogP contribution in [0.25, 0.3) is 0 Å². The van der Waals surface area contributed by atoms with E-state index in [1.807, 2.05) is 0 Å². The minimum atomic E-state index is -3.67. The number of aromatic nitrogens is 2. The Morgan fingerprint density at radius 1 is 1.33 bits per heavy atom. The second-order valence-corrected chi connectivity index (χ2v) is 6.98. The summed E-state index contributed by atoms with van der Waals surface area (Å²) in [5, 5.41) is 2.24. The zero-order chi connectivity index (χ0) is 14.6. The number of hydrogen-bond acceptors (Lipinski definition) is 5. The minimum Gasteiger partial charge on any atom is -0.286 e. The summed E-state index contributed by atoms with van der Waals surface area (Å²) < 4.78 is 49.7. The third-order valence-electron chi connectivity index (χ3n) is 1.61. The van der Waals surface area contributed by atoms with E-state index in [0.717, 1.165) is 4.09 Å². The van der Waals surface area contributed by atoms with Gasteiger partial charge in [0.1, 0.15) is 0 Å². The zero-order valence-corrected chi connectivity index (χ0v) is 11.9. The van der Waals surface area contributed by atoms with E-state index in [1.54, 1.807) is 13.8 Å². The largest absolute Gasteiger partial charge is 0.286 e. The molecule has 0 aliphatic heterocycles. The number of aryl methyl sites for hydroxylation is 1. The van der Waals surface area contributed by atoms with Gasteiger partial charge in [0.15, 0.2) is 0 Å². The molecule has 1 aromatic heterocycles. The quantitative estimate of drug-likeness (QED) is 0.730. The summed E-state index contributed by atoms with van der Waals surface area (Å²) in [6, 6.07) is 1.26. The van der Waals surface area contributed by atoms with Gasteiger partial charge in [-0.15, -0.1) is 0 Å². The van der Waals surface area contributed by atoms with E-state index < -0.39 is 25.7 Å². The summed E-state index contributed by atoms with van der Waals surface area (Å²) in [6.45, 7) is 3.35. The van der Waals surface area contributed by atoms with Crippen molar-refractivity contribution in [2.75, 3.05) is 12.0 Å². The van der Waals surface area contributed by atoms with E-state index in [0.29, 0.717) is 18.4 Å². The molecule has 1 aromatic rings. The van der Waals surface area contributed by atoms with Crippen LogP contribution in [0, 0.1) is 6.92 Å². The Labute approximate surface area is 105 Å². The van der Waals surface area contributed by atoms with Crippen LogP contribution in [0.15, 0.2) is 10.9 Å². The predicted octanol–water partition coefficient (Wildman–Crippen LogP) is -0.423. The molecule has 0 atom stereocenters. The van der Waals surface area contributed by atoms with E-state index in [4.69, 9.17) is 4.55 Å². The molecule has 2 N–H and O–H groups in total. The number of hydrogen-bond donors (Lipinski definition) is 2. The number of rotatable bonds is 3. The van der Waals surface area contributed by atoms with Crippen molar-refractivity contribution in [3.8, 4) is 0 Å². The lowest BCUT2D eigenvalue weighted by Gasteiger charge is -2.04. The first-order valence-electron chi connectivity index (χ1n) is 4.91. The van der Waals surface area contributed by atoms with Crippen LogP contribution < -0.4 is 5.56 Å². The van der Waals surface area contributed by atoms with Gasteiger partial charge in [0.25, 0.3) is 25.7 Å². The Balaban J connectivity index is 0.000000494. The van der Waals surface area contributed by atoms with Gasteiger partial charge in [0.2, 0.25) is 0 Å². The van der Waals surface area contributed by atoms with Gasteiger partial charge >= 0.3 is 0 Å². The fraction of sp³-hybridized carbons (Fsp3) is 0.625. The molecular weight excluding hydrogens is 284 g/mol. The smallest absolute Gasteiger partial charge is 0.265 e. The standard InChI is InChI=1S/C7H12N2O3S.CH4O3S/c1-3-4-13(11,12)9-6(2)5-7(10)8-9;1-5(2,3)4/h5H,3-4H2,1-2H3,(H,8,10);1H3,(H,2,3,4). The van der Waals surface area contributed by atoms with Crippen LogP contribution in [0.2, 0.25) is 0 Å². The molecule has 0 aliphatic rings. The maximum atomic E-state index is 11.5. The molecule has 10 heteroatoms. The normalized spacial score (nSPS) is 11.8. The van der Waals surface area contributed by atoms with Crippen molar-refractivity contribution in [2.24, 2.45) is 0 Å². The first-order valence-corrected chi connectivity index (χ1v) is 8.37. The Bertz CT molecular complexity index is 629. The molecule has 1 heterocycles. The molecular formula is C8H16N2O6S2. The highest BCUT2D eigenvalue weighted by atomic mass is 32.2. The topological polar surface area (TPSA) is 126 Å². The van der Waals surface area contributed by atoms with Crippen LogP contribution in [-0.2, 0) is 20.1 Å². The maximum absolute atomic E-state index is 11.5. The summed E-state index contributed by atoms with van der Waals surface area (Å²) in [4.78, 5) is 10.8. The van der Waals surface area contributed by atoms with E-state index in [1.165, 1.54) is 6.07 Å². The predicted molar refractivity (Wildman–Crippen MR) is 66.7 cm³/mol. The Hall–Kier alpha value is -1.13. The zero-order valence-electron chi connectivity index (χ0n) is 10.2. The van der Waals surface area contributed by atoms with Gasteiger partial charge in [0.05, 0.1) is 17.7 Å². The van der Waals surface area contributed by atoms with Crippen molar-refractivity contribution in [3.05, 3.63) is 22.1 Å². The van der Waals surface area contributed by atoms with Gasteiger partial charge in [-0.3, -0.25) is 9.35 Å². The van der Waals surface area contributed by atoms with Crippen molar-refractivity contribution in [1.29, 1.82) is 0 Å². The van der Waals surface area contributed by atoms with Crippen molar-refractivity contribution < 1.29 is 21.4 Å². The van der Waals surface area contributed by atoms with Crippen LogP contribution in [0.1, 0.15) is 19.0 Å². The molecule has 0 saturated heterocycles. The van der Waals surface area contributed by atoms with Gasteiger partial charge in [0, 0.05) is 6.07 Å². The van der Waals surface area contributed by atoms with Gasteiger partial charge in [-0.1, -0.05) is 6.92 Å². The molecule has 0 spiro atoms. The molecule has 18 heavy (non-hydrogen) atoms. The van der Waals surface area contributed by atoms with Crippen LogP contribution >= 0.6 is 0 Å². The van der Waals surface area contributed by atoms with Crippen LogP contribution in [-0.4, -0.2) is 42.6 Å². The Morgan fingerprint density at radius 2 is 1.78 bits per heavy atom. The Kier molecular flexibility index (Phi) is 5.77. The average Bonchev–Trinajstić information content (AvgIpc) is 2.42. The van der Waals surface area contributed by atoms with Gasteiger partial charge in [-0.2, -0.15) is 12.5 Å². The molecule has 0 saturated carbocycles. The fourth-order valence-corrected chi connectivity index (χ4v) is 2.53. The first kappa shape index (κ1) is 16.9. The van der Waals surface area contributed by atoms with Crippen molar-refractivity contribution in [2.45, 2.75) is 20.3 Å². The summed E-state index contributed by atoms with van der Waals surface area (Å²) >= 11 is 0. The highest BCUT2D eigenvalue weighted by Crippen LogP contribution is 2.00. The molecule has 0 unspecified atom stereocenters. The number of aromatic amines is 1. The summed E-state index contributed by atoms with van der Waals surface area (Å²) in [5.41, 5.74) is 0.0237. The van der Waals surface area contributed by atoms with Crippen LogP contribution in [0.3, 0.4) is 0 Å². The van der Waals surface area contributed by atoms with Crippen molar-refractivity contribution in [3.63, 3.8) is 0 Å². The molecule has 0 aromatic carbocycles. The average molecular weight is 300 g/mol. The highest BCUT2D eigenvalue weighted by Gasteiger charge is 2.14. The molecule has 106 valence electrons. The third kappa shape index (κ3) is 6.57. The summed E-state index contributed by atoms with van der Waals surface area (Å²) in [6.07, 6.45) is 1.25. The van der Waals surface area contributed by atoms with Crippen LogP contribution in [0.5, 0.6) is 0 Å². The molecule has 1 rings (SSSR count). The third-order valence-corrected chi connectivity index (χ3v) is 3.47. The minimum absolute atomic E-state index is 0.0401. The lowest BCUT2D eigenvalue weighted by atomic mass is 10.5. The molecule has 8 nitrogen and oxygen atoms in total. The van der Waals surface area contributed by atoms with Gasteiger partial charge < -0.3 is 0 Å².